The summed E-state index contributed by atoms with van der Waals surface area (Å²) >= 11 is 0. The number of carbonyl (C=O) groups excluding carboxylic acids is 1. The van der Waals surface area contributed by atoms with Crippen molar-refractivity contribution in [2.24, 2.45) is 0 Å². The van der Waals surface area contributed by atoms with Crippen LogP contribution < -0.4 is 0 Å². The Labute approximate surface area is 69.2 Å². The van der Waals surface area contributed by atoms with E-state index in [4.69, 9.17) is 0 Å². The number of pyridine rings is 1. The van der Waals surface area contributed by atoms with Gasteiger partial charge in [-0.15, -0.1) is 0 Å². The molecule has 1 heterocycles. The van der Waals surface area contributed by atoms with Gasteiger partial charge in [0.15, 0.2) is 0 Å². The molecule has 0 aliphatic heterocycles. The smallest absolute Gasteiger partial charge is 0.310 e. The van der Waals surface area contributed by atoms with Gasteiger partial charge in [-0.2, -0.15) is 4.39 Å². The third kappa shape index (κ3) is 2.30. The molecule has 0 atom stereocenters. The number of hydrogen-bond acceptors (Lipinski definition) is 3. The summed E-state index contributed by atoms with van der Waals surface area (Å²) in [5, 5.41) is 0. The average molecular weight is 169 g/mol. The lowest BCUT2D eigenvalue weighted by atomic mass is 10.2. The molecule has 0 amide bonds. The lowest BCUT2D eigenvalue weighted by Gasteiger charge is -1.97. The van der Waals surface area contributed by atoms with E-state index in [0.717, 1.165) is 0 Å². The molecule has 0 spiro atoms. The average Bonchev–Trinajstić information content (AvgIpc) is 2.09. The Hall–Kier alpha value is -1.45. The number of esters is 1. The van der Waals surface area contributed by atoms with E-state index in [0.29, 0.717) is 5.56 Å². The molecule has 3 nitrogen and oxygen atoms in total. The molecule has 0 aromatic carbocycles. The Morgan fingerprint density at radius 1 is 1.67 bits per heavy atom. The van der Waals surface area contributed by atoms with Gasteiger partial charge in [0.2, 0.25) is 5.95 Å². The van der Waals surface area contributed by atoms with Crippen LogP contribution >= 0.6 is 0 Å². The van der Waals surface area contributed by atoms with Crippen LogP contribution in [0.3, 0.4) is 0 Å². The maximum atomic E-state index is 12.3. The Bertz CT molecular complexity index is 271. The van der Waals surface area contributed by atoms with E-state index in [1.165, 1.54) is 25.4 Å². The molecule has 0 aliphatic rings. The van der Waals surface area contributed by atoms with Crippen molar-refractivity contribution in [3.63, 3.8) is 0 Å². The number of nitrogens with zero attached hydrogens (tertiary/aromatic N) is 1. The first-order valence-electron chi connectivity index (χ1n) is 3.39. The zero-order valence-corrected chi connectivity index (χ0v) is 6.58. The van der Waals surface area contributed by atoms with Crippen LogP contribution in [0.25, 0.3) is 0 Å². The zero-order chi connectivity index (χ0) is 8.97. The zero-order valence-electron chi connectivity index (χ0n) is 6.58. The van der Waals surface area contributed by atoms with Crippen LogP contribution in [-0.2, 0) is 16.0 Å². The summed E-state index contributed by atoms with van der Waals surface area (Å²) < 4.78 is 16.7. The predicted molar refractivity (Wildman–Crippen MR) is 39.9 cm³/mol. The largest absolute Gasteiger partial charge is 0.469 e. The number of carbonyl (C=O) groups is 1. The maximum Gasteiger partial charge on any atom is 0.310 e. The fourth-order valence-electron chi connectivity index (χ4n) is 0.750. The van der Waals surface area contributed by atoms with E-state index in [-0.39, 0.29) is 12.4 Å². The normalized spacial score (nSPS) is 9.50. The Morgan fingerprint density at radius 2 is 2.42 bits per heavy atom. The van der Waals surface area contributed by atoms with Crippen LogP contribution in [-0.4, -0.2) is 18.1 Å². The lowest BCUT2D eigenvalue weighted by Crippen LogP contribution is -2.04. The second-order valence-electron chi connectivity index (χ2n) is 2.24. The molecule has 0 unspecified atom stereocenters. The molecule has 1 rings (SSSR count). The molecule has 4 heteroatoms. The summed E-state index contributed by atoms with van der Waals surface area (Å²) in [6, 6.07) is 2.71. The van der Waals surface area contributed by atoms with Gasteiger partial charge in [0.25, 0.3) is 0 Å². The van der Waals surface area contributed by atoms with Crippen LogP contribution in [0, 0.1) is 5.95 Å². The fraction of sp³-hybridized carbons (Fsp3) is 0.250. The Kier molecular flexibility index (Phi) is 2.74. The summed E-state index contributed by atoms with van der Waals surface area (Å²) in [6.45, 7) is 0. The molecule has 64 valence electrons. The highest BCUT2D eigenvalue weighted by Crippen LogP contribution is 2.00. The number of hydrogen-bond donors (Lipinski definition) is 0. The van der Waals surface area contributed by atoms with Gasteiger partial charge >= 0.3 is 5.97 Å². The number of halogens is 1. The first kappa shape index (κ1) is 8.64. The van der Waals surface area contributed by atoms with Crippen molar-refractivity contribution < 1.29 is 13.9 Å². The third-order valence-electron chi connectivity index (χ3n) is 1.36. The van der Waals surface area contributed by atoms with E-state index in [1.807, 2.05) is 0 Å². The number of methoxy groups -OCH3 is 1. The van der Waals surface area contributed by atoms with Crippen molar-refractivity contribution in [3.05, 3.63) is 29.8 Å². The predicted octanol–water partition coefficient (Wildman–Crippen LogP) is 0.936. The minimum Gasteiger partial charge on any atom is -0.469 e. The molecular weight excluding hydrogens is 161 g/mol. The van der Waals surface area contributed by atoms with E-state index in [1.54, 1.807) is 0 Å². The van der Waals surface area contributed by atoms with E-state index in [2.05, 4.69) is 9.72 Å². The van der Waals surface area contributed by atoms with E-state index < -0.39 is 5.95 Å². The molecule has 0 bridgehead atoms. The summed E-state index contributed by atoms with van der Waals surface area (Å²) in [6.07, 6.45) is 1.44. The highest BCUT2D eigenvalue weighted by Gasteiger charge is 2.02. The highest BCUT2D eigenvalue weighted by atomic mass is 19.1. The number of ether oxygens (including phenoxy) is 1. The van der Waals surface area contributed by atoms with Gasteiger partial charge in [0.05, 0.1) is 13.5 Å². The van der Waals surface area contributed by atoms with Gasteiger partial charge in [-0.1, -0.05) is 6.07 Å². The minimum absolute atomic E-state index is 0.129. The molecule has 0 fully saturated rings. The SMILES string of the molecule is COC(=O)Cc1ccc(F)nc1. The monoisotopic (exact) mass is 169 g/mol. The number of aromatic nitrogens is 1. The first-order valence-corrected chi connectivity index (χ1v) is 3.39. The molecule has 0 saturated carbocycles. The molecule has 1 aromatic rings. The summed E-state index contributed by atoms with van der Waals surface area (Å²) in [7, 11) is 1.30. The molecule has 1 aromatic heterocycles. The molecule has 0 radical (unpaired) electrons. The topological polar surface area (TPSA) is 39.2 Å². The maximum absolute atomic E-state index is 12.3. The van der Waals surface area contributed by atoms with Gasteiger partial charge in [-0.3, -0.25) is 4.79 Å². The third-order valence-corrected chi connectivity index (χ3v) is 1.36. The second-order valence-corrected chi connectivity index (χ2v) is 2.24. The molecule has 0 N–H and O–H groups in total. The van der Waals surface area contributed by atoms with Gasteiger partial charge in [0.1, 0.15) is 0 Å². The van der Waals surface area contributed by atoms with Crippen LogP contribution in [0.4, 0.5) is 4.39 Å². The van der Waals surface area contributed by atoms with Crippen molar-refractivity contribution in [1.29, 1.82) is 0 Å². The Balaban J connectivity index is 2.64. The van der Waals surface area contributed by atoms with Gasteiger partial charge < -0.3 is 4.74 Å². The van der Waals surface area contributed by atoms with Gasteiger partial charge in [0, 0.05) is 6.20 Å². The lowest BCUT2D eigenvalue weighted by molar-refractivity contribution is -0.139. The molecule has 0 aliphatic carbocycles. The van der Waals surface area contributed by atoms with Crippen molar-refractivity contribution in [3.8, 4) is 0 Å². The van der Waals surface area contributed by atoms with Crippen LogP contribution in [0.15, 0.2) is 18.3 Å². The summed E-state index contributed by atoms with van der Waals surface area (Å²) in [5.41, 5.74) is 0.642. The van der Waals surface area contributed by atoms with Crippen LogP contribution in [0.1, 0.15) is 5.56 Å². The number of rotatable bonds is 2. The first-order chi connectivity index (χ1) is 5.72. The van der Waals surface area contributed by atoms with Gasteiger partial charge in [-0.05, 0) is 11.6 Å². The van der Waals surface area contributed by atoms with Gasteiger partial charge in [-0.25, -0.2) is 4.98 Å². The van der Waals surface area contributed by atoms with Crippen molar-refractivity contribution >= 4 is 5.97 Å². The quantitative estimate of drug-likeness (QED) is 0.488. The van der Waals surface area contributed by atoms with Crippen molar-refractivity contribution in [2.45, 2.75) is 6.42 Å². The van der Waals surface area contributed by atoms with Crippen LogP contribution in [0.5, 0.6) is 0 Å². The van der Waals surface area contributed by atoms with E-state index in [9.17, 15) is 9.18 Å². The molecule has 12 heavy (non-hydrogen) atoms. The fourth-order valence-corrected chi connectivity index (χ4v) is 0.750. The van der Waals surface area contributed by atoms with Crippen molar-refractivity contribution in [2.75, 3.05) is 7.11 Å². The second kappa shape index (κ2) is 3.80. The summed E-state index contributed by atoms with van der Waals surface area (Å²) in [5.74, 6) is -0.910. The van der Waals surface area contributed by atoms with E-state index >= 15 is 0 Å². The van der Waals surface area contributed by atoms with Crippen LogP contribution in [0.2, 0.25) is 0 Å². The molecule has 0 saturated heterocycles. The minimum atomic E-state index is -0.552. The van der Waals surface area contributed by atoms with Crippen molar-refractivity contribution in [1.82, 2.24) is 4.98 Å². The highest BCUT2D eigenvalue weighted by molar-refractivity contribution is 5.72. The molecular formula is C8H8FNO2. The summed E-state index contributed by atoms with van der Waals surface area (Å²) in [4.78, 5) is 14.1. The Morgan fingerprint density at radius 3 is 2.92 bits per heavy atom. The standard InChI is InChI=1S/C8H8FNO2/c1-12-8(11)4-6-2-3-7(9)10-5-6/h2-3,5H,4H2,1H3.